The van der Waals surface area contributed by atoms with Crippen molar-refractivity contribution in [3.05, 3.63) is 35.0 Å². The summed E-state index contributed by atoms with van der Waals surface area (Å²) in [7, 11) is 0. The largest absolute Gasteiger partial charge is 0.369 e. The molecule has 4 rings (SSSR count). The Morgan fingerprint density at radius 3 is 2.96 bits per heavy atom. The summed E-state index contributed by atoms with van der Waals surface area (Å²) < 4.78 is 6.05. The maximum atomic E-state index is 6.05. The molecule has 0 aromatic carbocycles. The van der Waals surface area contributed by atoms with Crippen molar-refractivity contribution in [1.29, 1.82) is 0 Å². The Morgan fingerprint density at radius 1 is 1.27 bits per heavy atom. The molecule has 0 amide bonds. The van der Waals surface area contributed by atoms with Gasteiger partial charge in [0.15, 0.2) is 5.13 Å². The summed E-state index contributed by atoms with van der Waals surface area (Å²) in [5.74, 6) is 1.71. The third-order valence-electron chi connectivity index (χ3n) is 5.35. The molecule has 2 aromatic heterocycles. The fourth-order valence-electron chi connectivity index (χ4n) is 4.00. The number of aryl methyl sites for hydroxylation is 1. The average molecular weight is 373 g/mol. The van der Waals surface area contributed by atoms with Gasteiger partial charge in [0, 0.05) is 30.7 Å². The van der Waals surface area contributed by atoms with Gasteiger partial charge in [-0.05, 0) is 37.8 Å². The molecule has 1 N–H and O–H groups in total. The fourth-order valence-corrected chi connectivity index (χ4v) is 4.68. The number of nitrogens with one attached hydrogen (secondary N) is 1. The minimum absolute atomic E-state index is 0.0621. The normalized spacial score (nSPS) is 22.4. The molecule has 1 aliphatic carbocycles. The molecule has 6 heteroatoms. The minimum Gasteiger partial charge on any atom is -0.369 e. The van der Waals surface area contributed by atoms with Crippen LogP contribution >= 0.6 is 11.3 Å². The smallest absolute Gasteiger partial charge is 0.188 e. The summed E-state index contributed by atoms with van der Waals surface area (Å²) in [6, 6.07) is 6.12. The Kier molecular flexibility index (Phi) is 5.82. The Hall–Kier alpha value is -1.50. The number of anilines is 2. The first-order valence-corrected chi connectivity index (χ1v) is 10.6. The van der Waals surface area contributed by atoms with Crippen molar-refractivity contribution in [2.75, 3.05) is 31.6 Å². The van der Waals surface area contributed by atoms with Crippen LogP contribution in [0.3, 0.4) is 0 Å². The molecule has 1 unspecified atom stereocenters. The van der Waals surface area contributed by atoms with Crippen LogP contribution in [0.15, 0.2) is 24.4 Å². The molecule has 2 aliphatic rings. The molecule has 1 aliphatic heterocycles. The topological polar surface area (TPSA) is 50.3 Å². The number of pyridine rings is 1. The van der Waals surface area contributed by atoms with E-state index in [-0.39, 0.29) is 6.10 Å². The third kappa shape index (κ3) is 4.61. The Labute approximate surface area is 159 Å². The van der Waals surface area contributed by atoms with E-state index in [1.54, 1.807) is 11.3 Å². The summed E-state index contributed by atoms with van der Waals surface area (Å²) in [5.41, 5.74) is 1.01. The summed E-state index contributed by atoms with van der Waals surface area (Å²) in [5, 5.41) is 4.19. The Morgan fingerprint density at radius 2 is 2.15 bits per heavy atom. The van der Waals surface area contributed by atoms with Crippen molar-refractivity contribution in [1.82, 2.24) is 14.9 Å². The van der Waals surface area contributed by atoms with Crippen molar-refractivity contribution in [2.24, 2.45) is 5.92 Å². The second kappa shape index (κ2) is 8.46. The zero-order chi connectivity index (χ0) is 17.8. The van der Waals surface area contributed by atoms with Gasteiger partial charge < -0.3 is 10.1 Å². The lowest BCUT2D eigenvalue weighted by Crippen LogP contribution is -2.41. The first-order chi connectivity index (χ1) is 12.8. The molecular formula is C20H28N4OS. The van der Waals surface area contributed by atoms with Crippen LogP contribution in [0.1, 0.15) is 48.8 Å². The summed E-state index contributed by atoms with van der Waals surface area (Å²) >= 11 is 1.64. The van der Waals surface area contributed by atoms with Crippen LogP contribution in [-0.4, -0.2) is 41.1 Å². The predicted octanol–water partition coefficient (Wildman–Crippen LogP) is 4.54. The van der Waals surface area contributed by atoms with E-state index in [2.05, 4.69) is 34.3 Å². The molecule has 0 radical (unpaired) electrons. The third-order valence-corrected chi connectivity index (χ3v) is 6.18. The van der Waals surface area contributed by atoms with Crippen molar-refractivity contribution in [2.45, 2.75) is 45.1 Å². The van der Waals surface area contributed by atoms with Gasteiger partial charge in [0.05, 0.1) is 12.3 Å². The molecule has 5 nitrogen and oxygen atoms in total. The molecule has 0 spiro atoms. The fraction of sp³-hybridized carbons (Fsp3) is 0.600. The minimum atomic E-state index is 0.0621. The standard InChI is InChI=1S/C20H28N4OS/c1-15-12-21-20(26-15)23-19-9-5-8-17(22-19)18-14-24(10-11-25-18)13-16-6-3-2-4-7-16/h5,8-9,12,16,18H,2-4,6-7,10-11,13-14H2,1H3,(H,21,22,23). The molecule has 0 bridgehead atoms. The van der Waals surface area contributed by atoms with Crippen molar-refractivity contribution in [3.8, 4) is 0 Å². The van der Waals surface area contributed by atoms with Crippen molar-refractivity contribution < 1.29 is 4.74 Å². The van der Waals surface area contributed by atoms with Gasteiger partial charge in [0.2, 0.25) is 0 Å². The van der Waals surface area contributed by atoms with Gasteiger partial charge >= 0.3 is 0 Å². The van der Waals surface area contributed by atoms with E-state index in [1.807, 2.05) is 12.3 Å². The van der Waals surface area contributed by atoms with E-state index in [4.69, 9.17) is 9.72 Å². The zero-order valence-corrected chi connectivity index (χ0v) is 16.3. The lowest BCUT2D eigenvalue weighted by Gasteiger charge is -2.35. The van der Waals surface area contributed by atoms with Crippen LogP contribution in [0.2, 0.25) is 0 Å². The summed E-state index contributed by atoms with van der Waals surface area (Å²) in [6.45, 7) is 6.06. The number of hydrogen-bond acceptors (Lipinski definition) is 6. The van der Waals surface area contributed by atoms with Crippen LogP contribution < -0.4 is 5.32 Å². The Balaban J connectivity index is 1.39. The number of morpholine rings is 1. The highest BCUT2D eigenvalue weighted by Crippen LogP contribution is 2.28. The molecule has 1 atom stereocenters. The molecule has 2 aromatic rings. The first-order valence-electron chi connectivity index (χ1n) is 9.76. The number of aromatic nitrogens is 2. The molecule has 2 fully saturated rings. The second-order valence-electron chi connectivity index (χ2n) is 7.47. The van der Waals surface area contributed by atoms with Gasteiger partial charge in [-0.2, -0.15) is 0 Å². The monoisotopic (exact) mass is 372 g/mol. The quantitative estimate of drug-likeness (QED) is 0.835. The van der Waals surface area contributed by atoms with Gasteiger partial charge in [-0.3, -0.25) is 4.90 Å². The molecule has 1 saturated heterocycles. The molecule has 140 valence electrons. The summed E-state index contributed by atoms with van der Waals surface area (Å²) in [4.78, 5) is 12.9. The number of ether oxygens (including phenoxy) is 1. The molecule has 1 saturated carbocycles. The highest BCUT2D eigenvalue weighted by atomic mass is 32.1. The van der Waals surface area contributed by atoms with Crippen LogP contribution in [0.5, 0.6) is 0 Å². The van der Waals surface area contributed by atoms with E-state index in [0.717, 1.165) is 42.3 Å². The van der Waals surface area contributed by atoms with Gasteiger partial charge in [-0.25, -0.2) is 9.97 Å². The van der Waals surface area contributed by atoms with Crippen LogP contribution in [-0.2, 0) is 4.74 Å². The van der Waals surface area contributed by atoms with E-state index in [1.165, 1.54) is 43.5 Å². The SMILES string of the molecule is Cc1cnc(Nc2cccc(C3CN(CC4CCCCC4)CCO3)n2)s1. The predicted molar refractivity (Wildman–Crippen MR) is 106 cm³/mol. The lowest BCUT2D eigenvalue weighted by atomic mass is 9.89. The number of nitrogens with zero attached hydrogens (tertiary/aromatic N) is 3. The highest BCUT2D eigenvalue weighted by Gasteiger charge is 2.25. The Bertz CT molecular complexity index is 713. The van der Waals surface area contributed by atoms with Gasteiger partial charge in [-0.1, -0.05) is 25.3 Å². The van der Waals surface area contributed by atoms with Crippen LogP contribution in [0.25, 0.3) is 0 Å². The van der Waals surface area contributed by atoms with E-state index < -0.39 is 0 Å². The van der Waals surface area contributed by atoms with E-state index >= 15 is 0 Å². The lowest BCUT2D eigenvalue weighted by molar-refractivity contribution is -0.0378. The number of rotatable bonds is 5. The van der Waals surface area contributed by atoms with Crippen molar-refractivity contribution in [3.63, 3.8) is 0 Å². The zero-order valence-electron chi connectivity index (χ0n) is 15.5. The first kappa shape index (κ1) is 17.9. The van der Waals surface area contributed by atoms with Gasteiger partial charge in [-0.15, -0.1) is 11.3 Å². The highest BCUT2D eigenvalue weighted by molar-refractivity contribution is 7.15. The maximum Gasteiger partial charge on any atom is 0.188 e. The summed E-state index contributed by atoms with van der Waals surface area (Å²) in [6.07, 6.45) is 8.97. The average Bonchev–Trinajstić information content (AvgIpc) is 3.08. The number of thiazole rings is 1. The molecule has 26 heavy (non-hydrogen) atoms. The van der Waals surface area contributed by atoms with Crippen LogP contribution in [0.4, 0.5) is 10.9 Å². The van der Waals surface area contributed by atoms with E-state index in [0.29, 0.717) is 0 Å². The maximum absolute atomic E-state index is 6.05. The van der Waals surface area contributed by atoms with Crippen molar-refractivity contribution >= 4 is 22.3 Å². The van der Waals surface area contributed by atoms with Gasteiger partial charge in [0.25, 0.3) is 0 Å². The second-order valence-corrected chi connectivity index (χ2v) is 8.71. The van der Waals surface area contributed by atoms with E-state index in [9.17, 15) is 0 Å². The molecular weight excluding hydrogens is 344 g/mol. The number of hydrogen-bond donors (Lipinski definition) is 1. The van der Waals surface area contributed by atoms with Gasteiger partial charge in [0.1, 0.15) is 11.9 Å². The molecule has 3 heterocycles. The van der Waals surface area contributed by atoms with Crippen LogP contribution in [0, 0.1) is 12.8 Å².